The topological polar surface area (TPSA) is 70.2 Å². The molecule has 2 unspecified atom stereocenters. The lowest BCUT2D eigenvalue weighted by molar-refractivity contribution is 0.145. The standard InChI is InChI=1S/C19H24N4O2/c1-25-17-7-4-5-13-14(17)8-9-15(13)22-19(24)23-12-3-2-6-16(23)18-20-10-11-21-18/h4-5,7,10-11,15-16H,2-3,6,8-9,12H2,1H3,(H,20,21)(H,22,24). The predicted octanol–water partition coefficient (Wildman–Crippen LogP) is 3.34. The summed E-state index contributed by atoms with van der Waals surface area (Å²) >= 11 is 0. The van der Waals surface area contributed by atoms with Gasteiger partial charge in [0, 0.05) is 18.9 Å². The number of aromatic nitrogens is 2. The Kier molecular flexibility index (Phi) is 4.34. The molecule has 1 aromatic carbocycles. The van der Waals surface area contributed by atoms with Gasteiger partial charge in [-0.25, -0.2) is 9.78 Å². The minimum atomic E-state index is 0.00164. The monoisotopic (exact) mass is 340 g/mol. The van der Waals surface area contributed by atoms with Gasteiger partial charge in [0.05, 0.1) is 19.2 Å². The number of urea groups is 1. The Morgan fingerprint density at radius 3 is 3.08 bits per heavy atom. The van der Waals surface area contributed by atoms with E-state index in [0.717, 1.165) is 50.2 Å². The first-order valence-corrected chi connectivity index (χ1v) is 9.00. The van der Waals surface area contributed by atoms with Crippen molar-refractivity contribution in [3.8, 4) is 5.75 Å². The molecule has 1 fully saturated rings. The van der Waals surface area contributed by atoms with Crippen molar-refractivity contribution >= 4 is 6.03 Å². The molecule has 2 atom stereocenters. The summed E-state index contributed by atoms with van der Waals surface area (Å²) in [4.78, 5) is 22.4. The first-order valence-electron chi connectivity index (χ1n) is 9.00. The predicted molar refractivity (Wildman–Crippen MR) is 94.5 cm³/mol. The maximum Gasteiger partial charge on any atom is 0.318 e. The number of likely N-dealkylation sites (tertiary alicyclic amines) is 1. The van der Waals surface area contributed by atoms with Gasteiger partial charge < -0.3 is 19.9 Å². The largest absolute Gasteiger partial charge is 0.496 e. The van der Waals surface area contributed by atoms with Gasteiger partial charge in [0.15, 0.2) is 0 Å². The van der Waals surface area contributed by atoms with Crippen LogP contribution in [0.4, 0.5) is 4.79 Å². The molecule has 0 saturated carbocycles. The van der Waals surface area contributed by atoms with Crippen molar-refractivity contribution in [2.24, 2.45) is 0 Å². The minimum Gasteiger partial charge on any atom is -0.496 e. The Balaban J connectivity index is 1.51. The fourth-order valence-corrected chi connectivity index (χ4v) is 4.11. The maximum absolute atomic E-state index is 13.0. The summed E-state index contributed by atoms with van der Waals surface area (Å²) in [5.74, 6) is 1.80. The highest BCUT2D eigenvalue weighted by Gasteiger charge is 2.33. The van der Waals surface area contributed by atoms with E-state index in [1.54, 1.807) is 13.3 Å². The number of fused-ring (bicyclic) bond motifs is 1. The second-order valence-electron chi connectivity index (χ2n) is 6.75. The van der Waals surface area contributed by atoms with Gasteiger partial charge in [0.2, 0.25) is 0 Å². The third-order valence-electron chi connectivity index (χ3n) is 5.34. The number of imidazole rings is 1. The number of hydrogen-bond donors (Lipinski definition) is 2. The molecule has 2 amide bonds. The Labute approximate surface area is 147 Å². The Morgan fingerprint density at radius 1 is 1.36 bits per heavy atom. The zero-order chi connectivity index (χ0) is 17.2. The van der Waals surface area contributed by atoms with E-state index in [2.05, 4.69) is 21.4 Å². The van der Waals surface area contributed by atoms with Crippen molar-refractivity contribution in [2.75, 3.05) is 13.7 Å². The number of carbonyl (C=O) groups excluding carboxylic acids is 1. The average molecular weight is 340 g/mol. The molecule has 1 aromatic heterocycles. The molecule has 1 aliphatic heterocycles. The quantitative estimate of drug-likeness (QED) is 0.900. The van der Waals surface area contributed by atoms with E-state index in [4.69, 9.17) is 4.74 Å². The lowest BCUT2D eigenvalue weighted by Crippen LogP contribution is -2.45. The highest BCUT2D eigenvalue weighted by molar-refractivity contribution is 5.75. The number of amides is 2. The van der Waals surface area contributed by atoms with Gasteiger partial charge in [0.1, 0.15) is 11.6 Å². The van der Waals surface area contributed by atoms with E-state index in [9.17, 15) is 4.79 Å². The number of H-pyrrole nitrogens is 1. The van der Waals surface area contributed by atoms with Crippen LogP contribution < -0.4 is 10.1 Å². The van der Waals surface area contributed by atoms with Gasteiger partial charge in [-0.15, -0.1) is 0 Å². The van der Waals surface area contributed by atoms with Crippen LogP contribution in [0.25, 0.3) is 0 Å². The third kappa shape index (κ3) is 2.97. The number of aromatic amines is 1. The highest BCUT2D eigenvalue weighted by Crippen LogP contribution is 2.37. The van der Waals surface area contributed by atoms with Crippen LogP contribution in [-0.2, 0) is 6.42 Å². The van der Waals surface area contributed by atoms with Crippen LogP contribution in [0.1, 0.15) is 54.7 Å². The second-order valence-corrected chi connectivity index (χ2v) is 6.75. The molecule has 2 heterocycles. The van der Waals surface area contributed by atoms with E-state index >= 15 is 0 Å². The average Bonchev–Trinajstić information content (AvgIpc) is 3.32. The molecule has 0 bridgehead atoms. The van der Waals surface area contributed by atoms with Crippen LogP contribution in [0.3, 0.4) is 0 Å². The summed E-state index contributed by atoms with van der Waals surface area (Å²) < 4.78 is 5.46. The summed E-state index contributed by atoms with van der Waals surface area (Å²) in [5.41, 5.74) is 2.40. The summed E-state index contributed by atoms with van der Waals surface area (Å²) in [5, 5.41) is 3.24. The summed E-state index contributed by atoms with van der Waals surface area (Å²) in [6.07, 6.45) is 8.54. The minimum absolute atomic E-state index is 0.00164. The van der Waals surface area contributed by atoms with E-state index in [0.29, 0.717) is 0 Å². The van der Waals surface area contributed by atoms with Crippen LogP contribution in [0.15, 0.2) is 30.6 Å². The lowest BCUT2D eigenvalue weighted by Gasteiger charge is -2.35. The molecule has 2 aromatic rings. The molecular formula is C19H24N4O2. The van der Waals surface area contributed by atoms with Crippen molar-refractivity contribution in [2.45, 2.75) is 44.2 Å². The summed E-state index contributed by atoms with van der Waals surface area (Å²) in [7, 11) is 1.70. The van der Waals surface area contributed by atoms with Gasteiger partial charge in [-0.2, -0.15) is 0 Å². The van der Waals surface area contributed by atoms with E-state index in [-0.39, 0.29) is 18.1 Å². The first kappa shape index (κ1) is 16.0. The SMILES string of the molecule is COc1cccc2c1CCC2NC(=O)N1CCCCC1c1ncc[nH]1. The van der Waals surface area contributed by atoms with Crippen LogP contribution in [-0.4, -0.2) is 34.6 Å². The van der Waals surface area contributed by atoms with E-state index in [1.165, 1.54) is 11.1 Å². The van der Waals surface area contributed by atoms with Crippen molar-refractivity contribution in [3.05, 3.63) is 47.5 Å². The molecule has 2 N–H and O–H groups in total. The number of carbonyl (C=O) groups is 1. The smallest absolute Gasteiger partial charge is 0.318 e. The van der Waals surface area contributed by atoms with Crippen LogP contribution >= 0.6 is 0 Å². The number of nitrogens with one attached hydrogen (secondary N) is 2. The van der Waals surface area contributed by atoms with Crippen molar-refractivity contribution in [1.82, 2.24) is 20.2 Å². The second kappa shape index (κ2) is 6.78. The molecule has 1 aliphatic carbocycles. The number of ether oxygens (including phenoxy) is 1. The van der Waals surface area contributed by atoms with Gasteiger partial charge in [-0.3, -0.25) is 0 Å². The molecule has 2 aliphatic rings. The Morgan fingerprint density at radius 2 is 2.28 bits per heavy atom. The number of piperidine rings is 1. The molecule has 1 saturated heterocycles. The van der Waals surface area contributed by atoms with Crippen LogP contribution in [0, 0.1) is 0 Å². The molecule has 132 valence electrons. The first-order chi connectivity index (χ1) is 12.3. The zero-order valence-corrected chi connectivity index (χ0v) is 14.5. The highest BCUT2D eigenvalue weighted by atomic mass is 16.5. The van der Waals surface area contributed by atoms with E-state index in [1.807, 2.05) is 23.2 Å². The molecular weight excluding hydrogens is 316 g/mol. The number of hydrogen-bond acceptors (Lipinski definition) is 3. The fraction of sp³-hybridized carbons (Fsp3) is 0.474. The van der Waals surface area contributed by atoms with Crippen LogP contribution in [0.5, 0.6) is 5.75 Å². The molecule has 6 heteroatoms. The van der Waals surface area contributed by atoms with Gasteiger partial charge in [-0.05, 0) is 49.3 Å². The molecule has 0 radical (unpaired) electrons. The van der Waals surface area contributed by atoms with Gasteiger partial charge in [0.25, 0.3) is 0 Å². The lowest BCUT2D eigenvalue weighted by atomic mass is 10.0. The number of methoxy groups -OCH3 is 1. The number of nitrogens with zero attached hydrogens (tertiary/aromatic N) is 2. The Bertz CT molecular complexity index is 744. The summed E-state index contributed by atoms with van der Waals surface area (Å²) in [6.45, 7) is 0.773. The number of rotatable bonds is 3. The zero-order valence-electron chi connectivity index (χ0n) is 14.5. The Hall–Kier alpha value is -2.50. The number of benzene rings is 1. The van der Waals surface area contributed by atoms with E-state index < -0.39 is 0 Å². The van der Waals surface area contributed by atoms with Crippen molar-refractivity contribution in [3.63, 3.8) is 0 Å². The van der Waals surface area contributed by atoms with Crippen LogP contribution in [0.2, 0.25) is 0 Å². The van der Waals surface area contributed by atoms with Gasteiger partial charge >= 0.3 is 6.03 Å². The molecule has 6 nitrogen and oxygen atoms in total. The summed E-state index contributed by atoms with van der Waals surface area (Å²) in [6, 6.07) is 6.17. The molecule has 4 rings (SSSR count). The van der Waals surface area contributed by atoms with Crippen molar-refractivity contribution in [1.29, 1.82) is 0 Å². The molecule has 25 heavy (non-hydrogen) atoms. The van der Waals surface area contributed by atoms with Gasteiger partial charge in [-0.1, -0.05) is 12.1 Å². The fourth-order valence-electron chi connectivity index (χ4n) is 4.11. The normalized spacial score (nSPS) is 22.5. The maximum atomic E-state index is 13.0. The molecule has 0 spiro atoms. The van der Waals surface area contributed by atoms with Crippen molar-refractivity contribution < 1.29 is 9.53 Å². The third-order valence-corrected chi connectivity index (χ3v) is 5.34.